The van der Waals surface area contributed by atoms with E-state index in [0.29, 0.717) is 0 Å². The molecule has 6 nitrogen and oxygen atoms in total. The predicted octanol–water partition coefficient (Wildman–Crippen LogP) is -0.331. The first-order valence-corrected chi connectivity index (χ1v) is 7.49. The fourth-order valence-corrected chi connectivity index (χ4v) is 1.12. The molecule has 0 bridgehead atoms. The molecule has 0 aliphatic heterocycles. The molecule has 0 aromatic heterocycles. The number of quaternary nitrogens is 2. The van der Waals surface area contributed by atoms with Crippen LogP contribution in [0.15, 0.2) is 60.7 Å². The number of carboxylic acid groups (broad SMARTS) is 2. The number of nitrogens with two attached hydrogens (primary N) is 1. The summed E-state index contributed by atoms with van der Waals surface area (Å²) in [7, 11) is 2.04. The molecule has 162 valence electrons. The second kappa shape index (κ2) is 14.0. The average molecular weight is 428 g/mol. The third kappa shape index (κ3) is 18.0. The Labute approximate surface area is 161 Å². The first kappa shape index (κ1) is 28.1. The molecule has 0 fully saturated rings. The molecule has 2 aromatic rings. The van der Waals surface area contributed by atoms with Gasteiger partial charge in [0.25, 0.3) is 0 Å². The highest BCUT2D eigenvalue weighted by molar-refractivity contribution is 5.71. The standard InChI is InChI=1S/C7H9N.C6H7N.2C2HF3O2/c1-8-7-5-3-2-4-6-7;7-6-4-2-1-3-5-6;2*3-2(4,5)1(6)7/h2-6,8H,1H3;1-5H,7H2;2*(H,6,7). The molecule has 0 radical (unpaired) electrons. The largest absolute Gasteiger partial charge is 0.542 e. The molecule has 2 aromatic carbocycles. The van der Waals surface area contributed by atoms with Gasteiger partial charge in [-0.1, -0.05) is 36.4 Å². The minimum Gasteiger partial charge on any atom is -0.542 e. The van der Waals surface area contributed by atoms with Gasteiger partial charge in [0.05, 0.1) is 7.05 Å². The summed E-state index contributed by atoms with van der Waals surface area (Å²) < 4.78 is 63.1. The van der Waals surface area contributed by atoms with Crippen LogP contribution in [0.4, 0.5) is 37.7 Å². The van der Waals surface area contributed by atoms with Crippen molar-refractivity contribution in [2.24, 2.45) is 0 Å². The van der Waals surface area contributed by atoms with Crippen molar-refractivity contribution in [2.45, 2.75) is 12.4 Å². The molecular formula is C17H18F6N2O4. The number of carbonyl (C=O) groups is 2. The van der Waals surface area contributed by atoms with Gasteiger partial charge in [0.15, 0.2) is 0 Å². The molecule has 2 rings (SSSR count). The van der Waals surface area contributed by atoms with E-state index in [-0.39, 0.29) is 0 Å². The van der Waals surface area contributed by atoms with E-state index in [4.69, 9.17) is 19.8 Å². The molecule has 0 aliphatic carbocycles. The molecule has 29 heavy (non-hydrogen) atoms. The number of hydrogen-bond acceptors (Lipinski definition) is 4. The summed E-state index contributed by atoms with van der Waals surface area (Å²) in [6.07, 6.45) is -10.4. The second-order valence-electron chi connectivity index (χ2n) is 4.76. The molecule has 0 unspecified atom stereocenters. The number of carboxylic acids is 2. The van der Waals surface area contributed by atoms with Crippen molar-refractivity contribution in [2.75, 3.05) is 7.05 Å². The highest BCUT2D eigenvalue weighted by Crippen LogP contribution is 2.12. The number of halogens is 6. The lowest BCUT2D eigenvalue weighted by atomic mass is 10.3. The summed E-state index contributed by atoms with van der Waals surface area (Å²) in [6.45, 7) is 0. The Bertz CT molecular complexity index is 683. The van der Waals surface area contributed by atoms with Crippen molar-refractivity contribution in [1.29, 1.82) is 0 Å². The van der Waals surface area contributed by atoms with E-state index in [9.17, 15) is 26.3 Å². The van der Waals surface area contributed by atoms with Crippen LogP contribution in [0.2, 0.25) is 0 Å². The Morgan fingerprint density at radius 2 is 1.03 bits per heavy atom. The molecule has 0 saturated heterocycles. The zero-order valence-corrected chi connectivity index (χ0v) is 15.0. The van der Waals surface area contributed by atoms with Crippen LogP contribution in [-0.2, 0) is 9.59 Å². The van der Waals surface area contributed by atoms with Gasteiger partial charge in [-0.25, -0.2) is 0 Å². The Hall–Kier alpha value is -3.12. The summed E-state index contributed by atoms with van der Waals surface area (Å²) in [5, 5.41) is 19.7. The van der Waals surface area contributed by atoms with Gasteiger partial charge >= 0.3 is 12.4 Å². The van der Waals surface area contributed by atoms with Crippen LogP contribution in [0.25, 0.3) is 0 Å². The van der Waals surface area contributed by atoms with Crippen LogP contribution in [0.1, 0.15) is 0 Å². The van der Waals surface area contributed by atoms with Crippen LogP contribution in [0.5, 0.6) is 0 Å². The van der Waals surface area contributed by atoms with Crippen LogP contribution in [-0.4, -0.2) is 31.3 Å². The van der Waals surface area contributed by atoms with E-state index in [2.05, 4.69) is 23.2 Å². The molecule has 5 N–H and O–H groups in total. The number of alkyl halides is 6. The highest BCUT2D eigenvalue weighted by Gasteiger charge is 2.29. The SMILES string of the molecule is C[NH2+]c1ccccc1.O=C([O-])C(F)(F)F.O=C([O-])C(F)(F)F.[NH3+]c1ccccc1. The molecule has 12 heteroatoms. The van der Waals surface area contributed by atoms with Gasteiger partial charge in [-0.3, -0.25) is 0 Å². The van der Waals surface area contributed by atoms with E-state index < -0.39 is 24.3 Å². The van der Waals surface area contributed by atoms with Crippen molar-refractivity contribution in [3.63, 3.8) is 0 Å². The highest BCUT2D eigenvalue weighted by atomic mass is 19.4. The molecule has 0 aliphatic rings. The molecule has 0 atom stereocenters. The van der Waals surface area contributed by atoms with E-state index >= 15 is 0 Å². The van der Waals surface area contributed by atoms with Crippen LogP contribution in [0.3, 0.4) is 0 Å². The first-order chi connectivity index (χ1) is 13.2. The Balaban J connectivity index is 0. The van der Waals surface area contributed by atoms with Crippen LogP contribution < -0.4 is 21.3 Å². The van der Waals surface area contributed by atoms with Gasteiger partial charge in [0.1, 0.15) is 23.3 Å². The Morgan fingerprint density at radius 3 is 1.17 bits per heavy atom. The number of hydrogen-bond donors (Lipinski definition) is 2. The smallest absolute Gasteiger partial charge is 0.430 e. The number of para-hydroxylation sites is 1. The molecule has 0 spiro atoms. The van der Waals surface area contributed by atoms with Crippen molar-refractivity contribution in [3.8, 4) is 0 Å². The van der Waals surface area contributed by atoms with Gasteiger partial charge in [0, 0.05) is 0 Å². The second-order valence-corrected chi connectivity index (χ2v) is 4.76. The fraction of sp³-hybridized carbons (Fsp3) is 0.176. The maximum absolute atomic E-state index is 10.5. The number of benzene rings is 2. The third-order valence-electron chi connectivity index (χ3n) is 2.44. The summed E-state index contributed by atoms with van der Waals surface area (Å²) in [5.41, 5.74) is 6.08. The van der Waals surface area contributed by atoms with E-state index in [1.165, 1.54) is 5.69 Å². The van der Waals surface area contributed by atoms with E-state index in [1.54, 1.807) is 0 Å². The Kier molecular flexibility index (Phi) is 13.5. The van der Waals surface area contributed by atoms with Crippen molar-refractivity contribution >= 4 is 23.3 Å². The van der Waals surface area contributed by atoms with E-state index in [0.717, 1.165) is 5.69 Å². The van der Waals surface area contributed by atoms with Crippen LogP contribution >= 0.6 is 0 Å². The minimum absolute atomic E-state index is 1.07. The van der Waals surface area contributed by atoms with Gasteiger partial charge in [-0.05, 0) is 24.3 Å². The topological polar surface area (TPSA) is 125 Å². The quantitative estimate of drug-likeness (QED) is 0.477. The van der Waals surface area contributed by atoms with Gasteiger partial charge in [-0.2, -0.15) is 26.3 Å². The zero-order valence-electron chi connectivity index (χ0n) is 15.0. The lowest BCUT2D eigenvalue weighted by Crippen LogP contribution is -2.72. The number of carbonyl (C=O) groups excluding carboxylic acids is 2. The first-order valence-electron chi connectivity index (χ1n) is 7.49. The molecular weight excluding hydrogens is 410 g/mol. The summed E-state index contributed by atoms with van der Waals surface area (Å²) in [6, 6.07) is 20.1. The van der Waals surface area contributed by atoms with Gasteiger partial charge in [-0.15, -0.1) is 0 Å². The van der Waals surface area contributed by atoms with Crippen molar-refractivity contribution in [3.05, 3.63) is 60.7 Å². The minimum atomic E-state index is -5.19. The average Bonchev–Trinajstić information content (AvgIpc) is 2.63. The summed E-state index contributed by atoms with van der Waals surface area (Å²) in [4.78, 5) is 17.6. The van der Waals surface area contributed by atoms with Crippen molar-refractivity contribution in [1.82, 2.24) is 0 Å². The lowest BCUT2D eigenvalue weighted by Gasteiger charge is -2.03. The fourth-order valence-electron chi connectivity index (χ4n) is 1.12. The predicted molar refractivity (Wildman–Crippen MR) is 85.1 cm³/mol. The third-order valence-corrected chi connectivity index (χ3v) is 2.44. The van der Waals surface area contributed by atoms with Gasteiger partial charge in [0.2, 0.25) is 0 Å². The van der Waals surface area contributed by atoms with Crippen molar-refractivity contribution < 1.29 is 57.2 Å². The monoisotopic (exact) mass is 428 g/mol. The number of rotatable bonds is 1. The van der Waals surface area contributed by atoms with Gasteiger partial charge < -0.3 is 30.9 Å². The Morgan fingerprint density at radius 1 is 0.759 bits per heavy atom. The molecule has 0 amide bonds. The normalized spacial score (nSPS) is 10.1. The van der Waals surface area contributed by atoms with E-state index in [1.807, 2.05) is 55.6 Å². The lowest BCUT2D eigenvalue weighted by molar-refractivity contribution is -0.539. The summed E-state index contributed by atoms with van der Waals surface area (Å²) in [5.74, 6) is -6.01. The molecule has 0 heterocycles. The molecule has 0 saturated carbocycles. The zero-order chi connectivity index (χ0) is 23.1. The summed E-state index contributed by atoms with van der Waals surface area (Å²) >= 11 is 0. The maximum atomic E-state index is 10.5. The van der Waals surface area contributed by atoms with Crippen LogP contribution in [0, 0.1) is 0 Å². The maximum Gasteiger partial charge on any atom is 0.430 e. The number of aliphatic carboxylic acids is 2.